The molecule has 144 valence electrons. The number of fused-ring (bicyclic) bond motifs is 1. The van der Waals surface area contributed by atoms with Crippen LogP contribution in [0, 0.1) is 0 Å². The molecule has 2 aromatic rings. The number of benzene rings is 2. The van der Waals surface area contributed by atoms with Gasteiger partial charge < -0.3 is 10.1 Å². The Morgan fingerprint density at radius 3 is 2.78 bits per heavy atom. The monoisotopic (exact) mass is 366 g/mol. The van der Waals surface area contributed by atoms with Crippen molar-refractivity contribution in [2.45, 2.75) is 45.2 Å². The van der Waals surface area contributed by atoms with Gasteiger partial charge >= 0.3 is 0 Å². The van der Waals surface area contributed by atoms with Crippen molar-refractivity contribution in [2.24, 2.45) is 0 Å². The molecular weight excluding hydrogens is 336 g/mol. The van der Waals surface area contributed by atoms with E-state index in [4.69, 9.17) is 4.74 Å². The number of hydrogen-bond acceptors (Lipinski definition) is 3. The van der Waals surface area contributed by atoms with Gasteiger partial charge in [0.1, 0.15) is 5.75 Å². The molecule has 1 aliphatic rings. The molecule has 2 aromatic carbocycles. The molecule has 1 aliphatic heterocycles. The molecule has 1 heterocycles. The molecule has 0 unspecified atom stereocenters. The first-order valence-corrected chi connectivity index (χ1v) is 9.90. The second-order valence-corrected chi connectivity index (χ2v) is 7.21. The van der Waals surface area contributed by atoms with Gasteiger partial charge in [0.2, 0.25) is 5.91 Å². The van der Waals surface area contributed by atoms with Crippen molar-refractivity contribution in [3.8, 4) is 5.75 Å². The van der Waals surface area contributed by atoms with E-state index in [-0.39, 0.29) is 5.91 Å². The molecule has 0 spiro atoms. The molecule has 1 N–H and O–H groups in total. The summed E-state index contributed by atoms with van der Waals surface area (Å²) in [5.41, 5.74) is 4.02. The van der Waals surface area contributed by atoms with Crippen LogP contribution in [0.25, 0.3) is 0 Å². The zero-order valence-electron chi connectivity index (χ0n) is 16.4. The van der Waals surface area contributed by atoms with Crippen LogP contribution in [-0.2, 0) is 24.2 Å². The zero-order chi connectivity index (χ0) is 19.1. The number of ether oxygens (including phenoxy) is 1. The molecule has 0 saturated carbocycles. The smallest absolute Gasteiger partial charge is 0.220 e. The van der Waals surface area contributed by atoms with E-state index in [1.54, 1.807) is 7.11 Å². The summed E-state index contributed by atoms with van der Waals surface area (Å²) in [6.45, 7) is 4.97. The first-order valence-electron chi connectivity index (χ1n) is 9.90. The summed E-state index contributed by atoms with van der Waals surface area (Å²) in [6.07, 6.45) is 3.37. The zero-order valence-corrected chi connectivity index (χ0v) is 16.4. The fraction of sp³-hybridized carbons (Fsp3) is 0.435. The Labute approximate surface area is 162 Å². The Kier molecular flexibility index (Phi) is 6.88. The molecular formula is C23H30N2O2. The van der Waals surface area contributed by atoms with E-state index < -0.39 is 0 Å². The van der Waals surface area contributed by atoms with Crippen molar-refractivity contribution in [1.29, 1.82) is 0 Å². The Bertz CT molecular complexity index is 760. The minimum absolute atomic E-state index is 0.119. The summed E-state index contributed by atoms with van der Waals surface area (Å²) < 4.78 is 5.24. The lowest BCUT2D eigenvalue weighted by molar-refractivity contribution is -0.121. The third-order valence-electron chi connectivity index (χ3n) is 5.46. The average Bonchev–Trinajstić information content (AvgIpc) is 2.72. The second-order valence-electron chi connectivity index (χ2n) is 7.21. The van der Waals surface area contributed by atoms with Gasteiger partial charge in [-0.15, -0.1) is 0 Å². The van der Waals surface area contributed by atoms with Crippen LogP contribution < -0.4 is 10.1 Å². The number of carbonyl (C=O) groups excluding carboxylic acids is 1. The minimum atomic E-state index is 0.119. The van der Waals surface area contributed by atoms with Gasteiger partial charge in [-0.2, -0.15) is 0 Å². The molecule has 0 radical (unpaired) electrons. The van der Waals surface area contributed by atoms with E-state index in [1.807, 2.05) is 24.3 Å². The van der Waals surface area contributed by atoms with Crippen LogP contribution in [0.4, 0.5) is 0 Å². The number of hydrogen-bond donors (Lipinski definition) is 1. The van der Waals surface area contributed by atoms with Crippen LogP contribution in [0.1, 0.15) is 36.5 Å². The Balaban J connectivity index is 1.47. The fourth-order valence-corrected chi connectivity index (χ4v) is 3.77. The lowest BCUT2D eigenvalue weighted by Crippen LogP contribution is -2.45. The lowest BCUT2D eigenvalue weighted by atomic mass is 9.98. The third kappa shape index (κ3) is 5.33. The number of methoxy groups -OCH3 is 1. The van der Waals surface area contributed by atoms with Gasteiger partial charge in [0, 0.05) is 32.1 Å². The van der Waals surface area contributed by atoms with Crippen LogP contribution in [0.15, 0.2) is 48.5 Å². The van der Waals surface area contributed by atoms with Gasteiger partial charge in [0.15, 0.2) is 0 Å². The Morgan fingerprint density at radius 1 is 1.19 bits per heavy atom. The summed E-state index contributed by atoms with van der Waals surface area (Å²) in [7, 11) is 1.66. The van der Waals surface area contributed by atoms with Crippen molar-refractivity contribution in [2.75, 3.05) is 20.2 Å². The summed E-state index contributed by atoms with van der Waals surface area (Å²) in [6, 6.07) is 17.0. The molecule has 0 saturated heterocycles. The highest BCUT2D eigenvalue weighted by Gasteiger charge is 2.22. The minimum Gasteiger partial charge on any atom is -0.497 e. The molecule has 0 aromatic heterocycles. The maximum Gasteiger partial charge on any atom is 0.220 e. The van der Waals surface area contributed by atoms with Gasteiger partial charge in [-0.25, -0.2) is 0 Å². The van der Waals surface area contributed by atoms with E-state index in [2.05, 4.69) is 41.4 Å². The van der Waals surface area contributed by atoms with Crippen molar-refractivity contribution >= 4 is 5.91 Å². The average molecular weight is 367 g/mol. The summed E-state index contributed by atoms with van der Waals surface area (Å²) >= 11 is 0. The maximum absolute atomic E-state index is 12.3. The second kappa shape index (κ2) is 9.56. The highest BCUT2D eigenvalue weighted by atomic mass is 16.5. The first-order chi connectivity index (χ1) is 13.2. The highest BCUT2D eigenvalue weighted by molar-refractivity contribution is 5.76. The third-order valence-corrected chi connectivity index (χ3v) is 5.46. The molecule has 0 fully saturated rings. The first kappa shape index (κ1) is 19.4. The molecule has 0 bridgehead atoms. The lowest BCUT2D eigenvalue weighted by Gasteiger charge is -2.35. The Hall–Kier alpha value is -2.33. The number of nitrogens with zero attached hydrogens (tertiary/aromatic N) is 1. The largest absolute Gasteiger partial charge is 0.497 e. The molecule has 3 rings (SSSR count). The number of nitrogens with one attached hydrogen (secondary N) is 1. The number of rotatable bonds is 8. The van der Waals surface area contributed by atoms with Crippen LogP contribution in [0.5, 0.6) is 5.75 Å². The summed E-state index contributed by atoms with van der Waals surface area (Å²) in [5.74, 6) is 0.956. The van der Waals surface area contributed by atoms with E-state index in [0.29, 0.717) is 12.5 Å². The standard InChI is InChI=1S/C23H30N2O2/c1-3-21(25-14-13-19-8-4-5-9-20(19)17-25)16-24-23(26)12-11-18-7-6-10-22(15-18)27-2/h4-10,15,21H,3,11-14,16-17H2,1-2H3,(H,24,26)/t21-/m1/s1. The molecule has 4 heteroatoms. The highest BCUT2D eigenvalue weighted by Crippen LogP contribution is 2.21. The fourth-order valence-electron chi connectivity index (χ4n) is 3.77. The summed E-state index contributed by atoms with van der Waals surface area (Å²) in [5, 5.41) is 3.14. The normalized spacial score (nSPS) is 15.0. The quantitative estimate of drug-likeness (QED) is 0.776. The van der Waals surface area contributed by atoms with Crippen LogP contribution >= 0.6 is 0 Å². The van der Waals surface area contributed by atoms with Gasteiger partial charge in [0.25, 0.3) is 0 Å². The van der Waals surface area contributed by atoms with E-state index >= 15 is 0 Å². The molecule has 0 aliphatic carbocycles. The molecule has 27 heavy (non-hydrogen) atoms. The molecule has 1 amide bonds. The van der Waals surface area contributed by atoms with E-state index in [0.717, 1.165) is 50.2 Å². The van der Waals surface area contributed by atoms with Crippen molar-refractivity contribution < 1.29 is 9.53 Å². The van der Waals surface area contributed by atoms with Crippen molar-refractivity contribution in [3.05, 3.63) is 65.2 Å². The van der Waals surface area contributed by atoms with E-state index in [1.165, 1.54) is 11.1 Å². The van der Waals surface area contributed by atoms with Crippen LogP contribution in [0.2, 0.25) is 0 Å². The van der Waals surface area contributed by atoms with E-state index in [9.17, 15) is 4.79 Å². The van der Waals surface area contributed by atoms with Crippen molar-refractivity contribution in [3.63, 3.8) is 0 Å². The maximum atomic E-state index is 12.3. The molecule has 1 atom stereocenters. The topological polar surface area (TPSA) is 41.6 Å². The number of aryl methyl sites for hydroxylation is 1. The van der Waals surface area contributed by atoms with Crippen molar-refractivity contribution in [1.82, 2.24) is 10.2 Å². The predicted octanol–water partition coefficient (Wildman–Crippen LogP) is 3.58. The summed E-state index contributed by atoms with van der Waals surface area (Å²) in [4.78, 5) is 14.8. The SMILES string of the molecule is CC[C@H](CNC(=O)CCc1cccc(OC)c1)N1CCc2ccccc2C1. The van der Waals surface area contributed by atoms with Gasteiger partial charge in [0.05, 0.1) is 7.11 Å². The van der Waals surface area contributed by atoms with Gasteiger partial charge in [-0.3, -0.25) is 9.69 Å². The van der Waals surface area contributed by atoms with Gasteiger partial charge in [-0.1, -0.05) is 43.3 Å². The van der Waals surface area contributed by atoms with Gasteiger partial charge in [-0.05, 0) is 48.1 Å². The number of amides is 1. The predicted molar refractivity (Wildman–Crippen MR) is 109 cm³/mol. The van der Waals surface area contributed by atoms with Crippen LogP contribution in [0.3, 0.4) is 0 Å². The van der Waals surface area contributed by atoms with Crippen LogP contribution in [-0.4, -0.2) is 37.0 Å². The number of carbonyl (C=O) groups is 1. The molecule has 4 nitrogen and oxygen atoms in total. The Morgan fingerprint density at radius 2 is 2.00 bits per heavy atom.